The third-order valence-corrected chi connectivity index (χ3v) is 5.85. The van der Waals surface area contributed by atoms with Gasteiger partial charge in [0, 0.05) is 18.6 Å². The Morgan fingerprint density at radius 2 is 1.86 bits per heavy atom. The van der Waals surface area contributed by atoms with Crippen LogP contribution in [0.1, 0.15) is 53.0 Å². The van der Waals surface area contributed by atoms with Crippen molar-refractivity contribution in [2.24, 2.45) is 10.8 Å². The van der Waals surface area contributed by atoms with Crippen LogP contribution in [0.2, 0.25) is 0 Å². The van der Waals surface area contributed by atoms with Crippen LogP contribution < -0.4 is 10.5 Å². The van der Waals surface area contributed by atoms with E-state index in [1.54, 1.807) is 0 Å². The Hall–Kier alpha value is -2.42. The van der Waals surface area contributed by atoms with Crippen molar-refractivity contribution in [3.63, 3.8) is 0 Å². The second kappa shape index (κ2) is 7.12. The molecule has 0 atom stereocenters. The van der Waals surface area contributed by atoms with Crippen LogP contribution in [0, 0.1) is 10.8 Å². The topological polar surface area (TPSA) is 113 Å². The molecule has 0 unspecified atom stereocenters. The highest BCUT2D eigenvalue weighted by atomic mass is 32.2. The van der Waals surface area contributed by atoms with Gasteiger partial charge < -0.3 is 10.5 Å². The summed E-state index contributed by atoms with van der Waals surface area (Å²) < 4.78 is 32.1. The van der Waals surface area contributed by atoms with E-state index in [1.165, 1.54) is 17.1 Å². The Bertz CT molecular complexity index is 1070. The Kier molecular flexibility index (Phi) is 5.23. The van der Waals surface area contributed by atoms with Crippen molar-refractivity contribution in [3.05, 3.63) is 24.0 Å². The van der Waals surface area contributed by atoms with E-state index < -0.39 is 9.84 Å². The van der Waals surface area contributed by atoms with Gasteiger partial charge in [-0.1, -0.05) is 33.8 Å². The summed E-state index contributed by atoms with van der Waals surface area (Å²) >= 11 is 0. The smallest absolute Gasteiger partial charge is 0.259 e. The Morgan fingerprint density at radius 1 is 1.21 bits per heavy atom. The SMILES string of the molecule is CCOc1nccnc1-n1nc(S(C)(=O)=O)c(C2=CC(C)(C)CC(C)(C)C2)c1N. The summed E-state index contributed by atoms with van der Waals surface area (Å²) in [6.07, 6.45) is 7.94. The predicted octanol–water partition coefficient (Wildman–Crippen LogP) is 3.28. The van der Waals surface area contributed by atoms with Crippen molar-refractivity contribution in [3.8, 4) is 11.7 Å². The molecule has 0 fully saturated rings. The van der Waals surface area contributed by atoms with E-state index in [2.05, 4.69) is 48.8 Å². The highest BCUT2D eigenvalue weighted by molar-refractivity contribution is 7.90. The first kappa shape index (κ1) is 21.3. The molecule has 1 aliphatic rings. The van der Waals surface area contributed by atoms with Gasteiger partial charge in [0.05, 0.1) is 12.2 Å². The minimum atomic E-state index is -3.63. The molecule has 0 saturated carbocycles. The van der Waals surface area contributed by atoms with Gasteiger partial charge in [0.25, 0.3) is 5.88 Å². The summed E-state index contributed by atoms with van der Waals surface area (Å²) in [5, 5.41) is 4.29. The van der Waals surface area contributed by atoms with Crippen LogP contribution in [0.5, 0.6) is 5.88 Å². The van der Waals surface area contributed by atoms with E-state index in [4.69, 9.17) is 10.5 Å². The van der Waals surface area contributed by atoms with Crippen LogP contribution in [0.25, 0.3) is 11.4 Å². The molecule has 2 N–H and O–H groups in total. The van der Waals surface area contributed by atoms with Crippen molar-refractivity contribution in [2.45, 2.75) is 52.5 Å². The van der Waals surface area contributed by atoms with Crippen molar-refractivity contribution in [1.29, 1.82) is 0 Å². The molecule has 0 spiro atoms. The first-order chi connectivity index (χ1) is 13.3. The highest BCUT2D eigenvalue weighted by Gasteiger charge is 2.37. The molecule has 0 aromatic carbocycles. The summed E-state index contributed by atoms with van der Waals surface area (Å²) in [5.41, 5.74) is 7.72. The number of anilines is 1. The summed E-state index contributed by atoms with van der Waals surface area (Å²) in [5.74, 6) is 0.721. The van der Waals surface area contributed by atoms with Crippen LogP contribution in [0.3, 0.4) is 0 Å². The summed E-state index contributed by atoms with van der Waals surface area (Å²) in [6, 6.07) is 0. The van der Waals surface area contributed by atoms with Crippen LogP contribution in [0.15, 0.2) is 23.5 Å². The van der Waals surface area contributed by atoms with Crippen molar-refractivity contribution >= 4 is 21.2 Å². The Morgan fingerprint density at radius 3 is 2.45 bits per heavy atom. The number of ether oxygens (including phenoxy) is 1. The molecule has 9 heteroatoms. The number of hydrogen-bond donors (Lipinski definition) is 1. The van der Waals surface area contributed by atoms with Crippen molar-refractivity contribution < 1.29 is 13.2 Å². The van der Waals surface area contributed by atoms with Gasteiger partial charge in [-0.3, -0.25) is 0 Å². The molecule has 0 saturated heterocycles. The van der Waals surface area contributed by atoms with Gasteiger partial charge in [0.2, 0.25) is 5.82 Å². The number of allylic oxidation sites excluding steroid dienone is 2. The average Bonchev–Trinajstić information content (AvgIpc) is 2.90. The third kappa shape index (κ3) is 4.29. The predicted molar refractivity (Wildman–Crippen MR) is 113 cm³/mol. The first-order valence-corrected chi connectivity index (χ1v) is 11.5. The Labute approximate surface area is 172 Å². The van der Waals surface area contributed by atoms with Gasteiger partial charge in [-0.15, -0.1) is 0 Å². The lowest BCUT2D eigenvalue weighted by atomic mass is 9.66. The van der Waals surface area contributed by atoms with Gasteiger partial charge >= 0.3 is 0 Å². The number of hydrogen-bond acceptors (Lipinski definition) is 7. The van der Waals surface area contributed by atoms with Gasteiger partial charge in [-0.25, -0.2) is 18.4 Å². The molecule has 0 aliphatic heterocycles. The maximum absolute atomic E-state index is 12.6. The van der Waals surface area contributed by atoms with E-state index in [0.29, 0.717) is 18.6 Å². The second-order valence-corrected chi connectivity index (χ2v) is 11.0. The summed E-state index contributed by atoms with van der Waals surface area (Å²) in [6.45, 7) is 10.9. The lowest BCUT2D eigenvalue weighted by Gasteiger charge is -2.39. The molecular weight excluding hydrogens is 390 g/mol. The molecule has 2 heterocycles. The molecule has 2 aromatic rings. The Balaban J connectivity index is 2.29. The van der Waals surface area contributed by atoms with Crippen LogP contribution in [-0.4, -0.2) is 41.0 Å². The summed E-state index contributed by atoms with van der Waals surface area (Å²) in [4.78, 5) is 8.47. The van der Waals surface area contributed by atoms with Gasteiger partial charge in [-0.2, -0.15) is 9.78 Å². The highest BCUT2D eigenvalue weighted by Crippen LogP contribution is 2.49. The lowest BCUT2D eigenvalue weighted by molar-refractivity contribution is 0.228. The van der Waals surface area contributed by atoms with Crippen LogP contribution >= 0.6 is 0 Å². The number of sulfone groups is 1. The molecule has 158 valence electrons. The van der Waals surface area contributed by atoms with Gasteiger partial charge in [0.15, 0.2) is 14.9 Å². The molecule has 3 rings (SSSR count). The quantitative estimate of drug-likeness (QED) is 0.791. The van der Waals surface area contributed by atoms with Crippen molar-refractivity contribution in [1.82, 2.24) is 19.7 Å². The zero-order valence-corrected chi connectivity index (χ0v) is 18.7. The number of aromatic nitrogens is 4. The fourth-order valence-corrected chi connectivity index (χ4v) is 5.22. The monoisotopic (exact) mass is 419 g/mol. The largest absolute Gasteiger partial charge is 0.475 e. The second-order valence-electron chi connectivity index (χ2n) is 9.04. The number of nitrogens with two attached hydrogens (primary N) is 1. The van der Waals surface area contributed by atoms with Gasteiger partial charge in [-0.05, 0) is 36.2 Å². The molecule has 0 amide bonds. The lowest BCUT2D eigenvalue weighted by Crippen LogP contribution is -2.27. The normalized spacial score (nSPS) is 18.3. The zero-order chi connectivity index (χ0) is 21.6. The molecule has 29 heavy (non-hydrogen) atoms. The minimum absolute atomic E-state index is 0.0000683. The molecule has 1 aliphatic carbocycles. The fraction of sp³-hybridized carbons (Fsp3) is 0.550. The van der Waals surface area contributed by atoms with E-state index in [1.807, 2.05) is 6.92 Å². The number of rotatable bonds is 5. The van der Waals surface area contributed by atoms with Crippen molar-refractivity contribution in [2.75, 3.05) is 18.6 Å². The number of nitrogens with zero attached hydrogens (tertiary/aromatic N) is 4. The average molecular weight is 420 g/mol. The van der Waals surface area contributed by atoms with E-state index >= 15 is 0 Å². The minimum Gasteiger partial charge on any atom is -0.475 e. The first-order valence-electron chi connectivity index (χ1n) is 9.59. The van der Waals surface area contributed by atoms with E-state index in [0.717, 1.165) is 18.2 Å². The van der Waals surface area contributed by atoms with E-state index in [-0.39, 0.29) is 33.4 Å². The van der Waals surface area contributed by atoms with E-state index in [9.17, 15) is 8.42 Å². The standard InChI is InChI=1S/C20H29N5O3S/c1-7-28-17-16(22-8-9-23-17)25-15(21)14(18(24-25)29(6,26)27)13-10-19(2,3)12-20(4,5)11-13/h8-10H,7,11-12,21H2,1-6H3. The third-order valence-electron chi connectivity index (χ3n) is 4.86. The molecule has 2 aromatic heterocycles. The van der Waals surface area contributed by atoms with Crippen LogP contribution in [0.4, 0.5) is 5.82 Å². The van der Waals surface area contributed by atoms with Crippen LogP contribution in [-0.2, 0) is 9.84 Å². The van der Waals surface area contributed by atoms with Gasteiger partial charge in [0.1, 0.15) is 5.82 Å². The zero-order valence-electron chi connectivity index (χ0n) is 17.9. The maximum atomic E-state index is 12.6. The summed E-state index contributed by atoms with van der Waals surface area (Å²) in [7, 11) is -3.63. The maximum Gasteiger partial charge on any atom is 0.259 e. The molecule has 8 nitrogen and oxygen atoms in total. The molecular formula is C20H29N5O3S. The molecule has 0 bridgehead atoms. The molecule has 0 radical (unpaired) electrons. The fourth-order valence-electron chi connectivity index (χ4n) is 4.38. The number of nitrogen functional groups attached to an aromatic ring is 1.